The number of rotatable bonds is 5. The number of hydrogen-bond acceptors (Lipinski definition) is 3. The second-order valence-corrected chi connectivity index (χ2v) is 5.07. The maximum Gasteiger partial charge on any atom is 0.170 e. The highest BCUT2D eigenvalue weighted by Gasteiger charge is 2.14. The van der Waals surface area contributed by atoms with Crippen LogP contribution in [0.3, 0.4) is 0 Å². The summed E-state index contributed by atoms with van der Waals surface area (Å²) >= 11 is 0. The highest BCUT2D eigenvalue weighted by molar-refractivity contribution is 6.00. The molecule has 1 aromatic heterocycles. The summed E-state index contributed by atoms with van der Waals surface area (Å²) in [5.74, 6) is 1.23. The zero-order valence-corrected chi connectivity index (χ0v) is 12.6. The van der Waals surface area contributed by atoms with Crippen LogP contribution in [0.15, 0.2) is 48.7 Å². The van der Waals surface area contributed by atoms with Gasteiger partial charge < -0.3 is 14.5 Å². The lowest BCUT2D eigenvalue weighted by Crippen LogP contribution is -2.06. The highest BCUT2D eigenvalue weighted by atomic mass is 16.5. The van der Waals surface area contributed by atoms with Crippen molar-refractivity contribution in [1.82, 2.24) is 4.98 Å². The van der Waals surface area contributed by atoms with Crippen LogP contribution >= 0.6 is 0 Å². The first kappa shape index (κ1) is 14.2. The Bertz CT molecular complexity index is 820. The molecule has 0 atom stereocenters. The molecule has 0 aliphatic heterocycles. The Kier molecular flexibility index (Phi) is 3.83. The van der Waals surface area contributed by atoms with E-state index in [1.54, 1.807) is 32.4 Å². The van der Waals surface area contributed by atoms with Gasteiger partial charge in [-0.25, -0.2) is 0 Å². The van der Waals surface area contributed by atoms with Crippen LogP contribution in [0, 0.1) is 0 Å². The number of Topliss-reactive ketones (excluding diaryl/α,β-unsaturated/α-hetero) is 1. The molecule has 0 spiro atoms. The van der Waals surface area contributed by atoms with Crippen LogP contribution in [-0.2, 0) is 6.42 Å². The maximum absolute atomic E-state index is 12.5. The van der Waals surface area contributed by atoms with Crippen LogP contribution in [0.25, 0.3) is 10.9 Å². The lowest BCUT2D eigenvalue weighted by Gasteiger charge is -2.09. The first-order valence-electron chi connectivity index (χ1n) is 7.02. The summed E-state index contributed by atoms with van der Waals surface area (Å²) in [6.45, 7) is 0. The van der Waals surface area contributed by atoms with E-state index in [0.717, 1.165) is 16.5 Å². The number of carbonyl (C=O) groups is 1. The Balaban J connectivity index is 1.87. The third-order valence-corrected chi connectivity index (χ3v) is 3.69. The van der Waals surface area contributed by atoms with Crippen LogP contribution in [0.5, 0.6) is 11.5 Å². The number of methoxy groups -OCH3 is 2. The Morgan fingerprint density at radius 1 is 1.05 bits per heavy atom. The van der Waals surface area contributed by atoms with E-state index in [0.29, 0.717) is 23.5 Å². The average Bonchev–Trinajstić information content (AvgIpc) is 3.01. The normalized spacial score (nSPS) is 10.6. The van der Waals surface area contributed by atoms with Gasteiger partial charge in [-0.1, -0.05) is 6.07 Å². The van der Waals surface area contributed by atoms with Gasteiger partial charge >= 0.3 is 0 Å². The minimum Gasteiger partial charge on any atom is -0.497 e. The van der Waals surface area contributed by atoms with Crippen LogP contribution < -0.4 is 9.47 Å². The topological polar surface area (TPSA) is 51.3 Å². The van der Waals surface area contributed by atoms with Crippen LogP contribution in [0.2, 0.25) is 0 Å². The quantitative estimate of drug-likeness (QED) is 0.732. The van der Waals surface area contributed by atoms with E-state index in [-0.39, 0.29) is 5.78 Å². The van der Waals surface area contributed by atoms with Crippen LogP contribution in [-0.4, -0.2) is 25.0 Å². The molecule has 4 heteroatoms. The highest BCUT2D eigenvalue weighted by Crippen LogP contribution is 2.26. The molecule has 112 valence electrons. The molecule has 0 saturated heterocycles. The van der Waals surface area contributed by atoms with Crippen molar-refractivity contribution in [2.24, 2.45) is 0 Å². The fourth-order valence-corrected chi connectivity index (χ4v) is 2.52. The predicted octanol–water partition coefficient (Wildman–Crippen LogP) is 3.61. The van der Waals surface area contributed by atoms with E-state index >= 15 is 0 Å². The second kappa shape index (κ2) is 5.93. The van der Waals surface area contributed by atoms with E-state index in [4.69, 9.17) is 9.47 Å². The number of nitrogens with one attached hydrogen (secondary N) is 1. The molecule has 0 amide bonds. The fraction of sp³-hybridized carbons (Fsp3) is 0.167. The molecule has 0 saturated carbocycles. The molecule has 2 aromatic carbocycles. The summed E-state index contributed by atoms with van der Waals surface area (Å²) in [7, 11) is 3.14. The molecule has 0 bridgehead atoms. The van der Waals surface area contributed by atoms with Crippen LogP contribution in [0.1, 0.15) is 15.9 Å². The summed E-state index contributed by atoms with van der Waals surface area (Å²) in [5.41, 5.74) is 2.62. The van der Waals surface area contributed by atoms with E-state index < -0.39 is 0 Å². The molecule has 0 unspecified atom stereocenters. The van der Waals surface area contributed by atoms with Gasteiger partial charge in [0.15, 0.2) is 5.78 Å². The molecule has 0 aliphatic rings. The number of hydrogen-bond donors (Lipinski definition) is 1. The Labute approximate surface area is 128 Å². The number of carbonyl (C=O) groups excluding carboxylic acids is 1. The molecule has 22 heavy (non-hydrogen) atoms. The van der Waals surface area contributed by atoms with Gasteiger partial charge in [-0.05, 0) is 41.3 Å². The molecule has 3 rings (SSSR count). The number of H-pyrrole nitrogens is 1. The maximum atomic E-state index is 12.5. The zero-order valence-electron chi connectivity index (χ0n) is 12.6. The average molecular weight is 295 g/mol. The van der Waals surface area contributed by atoms with Crippen molar-refractivity contribution in [3.8, 4) is 11.5 Å². The van der Waals surface area contributed by atoms with Crippen molar-refractivity contribution in [2.45, 2.75) is 6.42 Å². The minimum atomic E-state index is 0.0226. The number of aromatic amines is 1. The van der Waals surface area contributed by atoms with Crippen molar-refractivity contribution in [1.29, 1.82) is 0 Å². The van der Waals surface area contributed by atoms with Gasteiger partial charge in [0.05, 0.1) is 19.8 Å². The standard InChI is InChI=1S/C18H17NO3/c1-21-14-4-5-15(18(11-14)22-2)17(20)10-12-3-6-16-13(9-12)7-8-19-16/h3-9,11,19H,10H2,1-2H3. The molecule has 3 aromatic rings. The third kappa shape index (κ3) is 2.68. The van der Waals surface area contributed by atoms with Crippen molar-refractivity contribution in [3.05, 3.63) is 59.8 Å². The Morgan fingerprint density at radius 2 is 1.91 bits per heavy atom. The molecule has 0 aliphatic carbocycles. The zero-order chi connectivity index (χ0) is 15.5. The first-order chi connectivity index (χ1) is 10.7. The van der Waals surface area contributed by atoms with Gasteiger partial charge in [-0.15, -0.1) is 0 Å². The van der Waals surface area contributed by atoms with Gasteiger partial charge in [-0.3, -0.25) is 4.79 Å². The van der Waals surface area contributed by atoms with E-state index in [2.05, 4.69) is 4.98 Å². The van der Waals surface area contributed by atoms with E-state index in [1.165, 1.54) is 0 Å². The van der Waals surface area contributed by atoms with E-state index in [1.807, 2.05) is 30.5 Å². The molecule has 0 fully saturated rings. The first-order valence-corrected chi connectivity index (χ1v) is 7.02. The predicted molar refractivity (Wildman–Crippen MR) is 85.9 cm³/mol. The van der Waals surface area contributed by atoms with Crippen molar-refractivity contribution in [3.63, 3.8) is 0 Å². The van der Waals surface area contributed by atoms with Gasteiger partial charge in [0.2, 0.25) is 0 Å². The third-order valence-electron chi connectivity index (χ3n) is 3.69. The van der Waals surface area contributed by atoms with Gasteiger partial charge in [0, 0.05) is 24.2 Å². The van der Waals surface area contributed by atoms with Crippen molar-refractivity contribution < 1.29 is 14.3 Å². The van der Waals surface area contributed by atoms with Gasteiger partial charge in [-0.2, -0.15) is 0 Å². The fourth-order valence-electron chi connectivity index (χ4n) is 2.52. The molecule has 0 radical (unpaired) electrons. The van der Waals surface area contributed by atoms with Gasteiger partial charge in [0.25, 0.3) is 0 Å². The van der Waals surface area contributed by atoms with Gasteiger partial charge in [0.1, 0.15) is 11.5 Å². The smallest absolute Gasteiger partial charge is 0.170 e. The summed E-state index contributed by atoms with van der Waals surface area (Å²) < 4.78 is 10.5. The van der Waals surface area contributed by atoms with Crippen LogP contribution in [0.4, 0.5) is 0 Å². The largest absolute Gasteiger partial charge is 0.497 e. The molecule has 4 nitrogen and oxygen atoms in total. The number of aromatic nitrogens is 1. The molecular formula is C18H17NO3. The number of ketones is 1. The van der Waals surface area contributed by atoms with Crippen molar-refractivity contribution in [2.75, 3.05) is 14.2 Å². The lowest BCUT2D eigenvalue weighted by molar-refractivity contribution is 0.0990. The van der Waals surface area contributed by atoms with Crippen molar-refractivity contribution >= 4 is 16.7 Å². The van der Waals surface area contributed by atoms with E-state index in [9.17, 15) is 4.79 Å². The molecule has 1 heterocycles. The minimum absolute atomic E-state index is 0.0226. The number of ether oxygens (including phenoxy) is 2. The summed E-state index contributed by atoms with van der Waals surface area (Å²) in [6, 6.07) is 13.2. The molecular weight excluding hydrogens is 278 g/mol. The lowest BCUT2D eigenvalue weighted by atomic mass is 10.0. The summed E-state index contributed by atoms with van der Waals surface area (Å²) in [6.07, 6.45) is 2.23. The summed E-state index contributed by atoms with van der Waals surface area (Å²) in [4.78, 5) is 15.7. The Morgan fingerprint density at radius 3 is 2.68 bits per heavy atom. The number of fused-ring (bicyclic) bond motifs is 1. The summed E-state index contributed by atoms with van der Waals surface area (Å²) in [5, 5.41) is 1.10. The SMILES string of the molecule is COc1ccc(C(=O)Cc2ccc3[nH]ccc3c2)c(OC)c1. The number of benzene rings is 2. The monoisotopic (exact) mass is 295 g/mol. The second-order valence-electron chi connectivity index (χ2n) is 5.07. The molecule has 1 N–H and O–H groups in total. The Hall–Kier alpha value is -2.75.